The molecule has 0 aromatic carbocycles. The van der Waals surface area contributed by atoms with Crippen molar-refractivity contribution < 1.29 is 23.7 Å². The summed E-state index contributed by atoms with van der Waals surface area (Å²) in [7, 11) is 0. The lowest BCUT2D eigenvalue weighted by Crippen LogP contribution is -2.40. The van der Waals surface area contributed by atoms with Gasteiger partial charge >= 0.3 is 0 Å². The topological polar surface area (TPSA) is 94.9 Å². The molecule has 8 nitrogen and oxygen atoms in total. The minimum absolute atomic E-state index is 0.270. The van der Waals surface area contributed by atoms with Gasteiger partial charge in [-0.05, 0) is 33.2 Å². The van der Waals surface area contributed by atoms with E-state index in [0.29, 0.717) is 6.61 Å². The van der Waals surface area contributed by atoms with Gasteiger partial charge in [0.05, 0.1) is 6.61 Å². The SMILES string of the molecule is CC1(C)O[C@@H]2[C@H](O1)[C@H](N=[N+]=[N-])O[C@@H]2[C@H]1COC(C)(C)O1. The molecule has 0 saturated carbocycles. The minimum Gasteiger partial charge on any atom is -0.360 e. The van der Waals surface area contributed by atoms with Gasteiger partial charge in [0.15, 0.2) is 17.8 Å². The van der Waals surface area contributed by atoms with Gasteiger partial charge in [0, 0.05) is 4.91 Å². The smallest absolute Gasteiger partial charge is 0.165 e. The standard InChI is InChI=1S/C12H19N3O5/c1-11(2)16-5-6(18-11)7-8-9(10(17-7)14-15-13)20-12(3,4)19-8/h6-10H,5H2,1-4H3/t6-,7-,8+,9+,10-/m1/s1. The Hall–Kier alpha value is -0.890. The molecule has 0 bridgehead atoms. The van der Waals surface area contributed by atoms with Crippen molar-refractivity contribution in [2.75, 3.05) is 6.61 Å². The van der Waals surface area contributed by atoms with E-state index in [4.69, 9.17) is 29.2 Å². The Kier molecular flexibility index (Phi) is 3.20. The number of rotatable bonds is 2. The Morgan fingerprint density at radius 2 is 1.70 bits per heavy atom. The second-order valence-corrected chi connectivity index (χ2v) is 6.13. The van der Waals surface area contributed by atoms with Crippen molar-refractivity contribution in [2.24, 2.45) is 5.11 Å². The monoisotopic (exact) mass is 285 g/mol. The third-order valence-electron chi connectivity index (χ3n) is 3.63. The normalized spacial score (nSPS) is 45.1. The van der Waals surface area contributed by atoms with Crippen molar-refractivity contribution in [1.82, 2.24) is 0 Å². The molecule has 0 amide bonds. The molecule has 3 aliphatic rings. The third kappa shape index (κ3) is 2.39. The molecule has 0 aliphatic carbocycles. The Balaban J connectivity index is 1.80. The molecule has 0 unspecified atom stereocenters. The molecular formula is C12H19N3O5. The molecule has 8 heteroatoms. The minimum atomic E-state index is -0.727. The summed E-state index contributed by atoms with van der Waals surface area (Å²) < 4.78 is 28.8. The first-order chi connectivity index (χ1) is 9.31. The molecule has 0 aromatic rings. The number of ether oxygens (including phenoxy) is 5. The van der Waals surface area contributed by atoms with E-state index in [-0.39, 0.29) is 18.3 Å². The van der Waals surface area contributed by atoms with E-state index in [2.05, 4.69) is 10.0 Å². The summed E-state index contributed by atoms with van der Waals surface area (Å²) in [6.45, 7) is 7.76. The molecular weight excluding hydrogens is 266 g/mol. The van der Waals surface area contributed by atoms with Gasteiger partial charge in [-0.15, -0.1) is 0 Å². The first-order valence-electron chi connectivity index (χ1n) is 6.68. The van der Waals surface area contributed by atoms with Crippen LogP contribution in [-0.2, 0) is 23.7 Å². The third-order valence-corrected chi connectivity index (χ3v) is 3.63. The van der Waals surface area contributed by atoms with Crippen LogP contribution in [-0.4, -0.2) is 48.8 Å². The molecule has 112 valence electrons. The van der Waals surface area contributed by atoms with E-state index in [1.807, 2.05) is 27.7 Å². The first-order valence-corrected chi connectivity index (χ1v) is 6.68. The van der Waals surface area contributed by atoms with Crippen LogP contribution in [0.5, 0.6) is 0 Å². The van der Waals surface area contributed by atoms with Crippen molar-refractivity contribution in [3.63, 3.8) is 0 Å². The molecule has 3 aliphatic heterocycles. The quantitative estimate of drug-likeness (QED) is 0.437. The maximum absolute atomic E-state index is 8.64. The number of fused-ring (bicyclic) bond motifs is 1. The van der Waals surface area contributed by atoms with Crippen LogP contribution >= 0.6 is 0 Å². The van der Waals surface area contributed by atoms with Gasteiger partial charge in [-0.2, -0.15) is 0 Å². The molecule has 3 heterocycles. The van der Waals surface area contributed by atoms with Gasteiger partial charge < -0.3 is 23.7 Å². The molecule has 3 rings (SSSR count). The summed E-state index contributed by atoms with van der Waals surface area (Å²) in [5.41, 5.74) is 8.64. The average molecular weight is 285 g/mol. The van der Waals surface area contributed by atoms with Gasteiger partial charge in [0.2, 0.25) is 0 Å². The predicted octanol–water partition coefficient (Wildman–Crippen LogP) is 1.69. The number of azide groups is 1. The van der Waals surface area contributed by atoms with Crippen LogP contribution in [0.4, 0.5) is 0 Å². The maximum Gasteiger partial charge on any atom is 0.165 e. The largest absolute Gasteiger partial charge is 0.360 e. The molecule has 3 fully saturated rings. The fourth-order valence-electron chi connectivity index (χ4n) is 2.93. The average Bonchev–Trinajstić information content (AvgIpc) is 2.92. The summed E-state index contributed by atoms with van der Waals surface area (Å²) >= 11 is 0. The van der Waals surface area contributed by atoms with E-state index in [0.717, 1.165) is 0 Å². The molecule has 3 saturated heterocycles. The fraction of sp³-hybridized carbons (Fsp3) is 1.00. The number of hydrogen-bond acceptors (Lipinski definition) is 6. The van der Waals surface area contributed by atoms with Crippen LogP contribution in [0.3, 0.4) is 0 Å². The second kappa shape index (κ2) is 4.56. The van der Waals surface area contributed by atoms with Crippen molar-refractivity contribution >= 4 is 0 Å². The first kappa shape index (κ1) is 14.1. The highest BCUT2D eigenvalue weighted by atomic mass is 16.8. The summed E-state index contributed by atoms with van der Waals surface area (Å²) in [4.78, 5) is 2.81. The van der Waals surface area contributed by atoms with Gasteiger partial charge in [-0.1, -0.05) is 5.11 Å². The van der Waals surface area contributed by atoms with Crippen LogP contribution < -0.4 is 0 Å². The van der Waals surface area contributed by atoms with E-state index in [1.165, 1.54) is 0 Å². The Bertz CT molecular complexity index is 448. The molecule has 0 aromatic heterocycles. The molecule has 0 N–H and O–H groups in total. The second-order valence-electron chi connectivity index (χ2n) is 6.13. The Morgan fingerprint density at radius 3 is 2.30 bits per heavy atom. The van der Waals surface area contributed by atoms with E-state index in [1.54, 1.807) is 0 Å². The summed E-state index contributed by atoms with van der Waals surface area (Å²) in [5, 5.41) is 3.65. The number of nitrogens with zero attached hydrogens (tertiary/aromatic N) is 3. The van der Waals surface area contributed by atoms with Crippen LogP contribution in [0.2, 0.25) is 0 Å². The van der Waals surface area contributed by atoms with Gasteiger partial charge in [-0.3, -0.25) is 0 Å². The van der Waals surface area contributed by atoms with Crippen molar-refractivity contribution in [3.8, 4) is 0 Å². The van der Waals surface area contributed by atoms with E-state index in [9.17, 15) is 0 Å². The zero-order valence-corrected chi connectivity index (χ0v) is 12.0. The molecule has 0 spiro atoms. The summed E-state index contributed by atoms with van der Waals surface area (Å²) in [6, 6.07) is 0. The summed E-state index contributed by atoms with van der Waals surface area (Å²) in [6.07, 6.45) is -2.10. The molecule has 0 radical (unpaired) electrons. The predicted molar refractivity (Wildman–Crippen MR) is 66.5 cm³/mol. The highest BCUT2D eigenvalue weighted by Crippen LogP contribution is 2.42. The van der Waals surface area contributed by atoms with Crippen LogP contribution in [0, 0.1) is 0 Å². The Morgan fingerprint density at radius 1 is 1.00 bits per heavy atom. The van der Waals surface area contributed by atoms with Gasteiger partial charge in [0.25, 0.3) is 0 Å². The van der Waals surface area contributed by atoms with Crippen LogP contribution in [0.1, 0.15) is 27.7 Å². The lowest BCUT2D eigenvalue weighted by atomic mass is 10.1. The van der Waals surface area contributed by atoms with E-state index >= 15 is 0 Å². The lowest BCUT2D eigenvalue weighted by Gasteiger charge is -2.26. The molecule has 5 atom stereocenters. The van der Waals surface area contributed by atoms with Crippen LogP contribution in [0.25, 0.3) is 10.4 Å². The van der Waals surface area contributed by atoms with Gasteiger partial charge in [-0.25, -0.2) is 0 Å². The van der Waals surface area contributed by atoms with Gasteiger partial charge in [0.1, 0.15) is 24.4 Å². The maximum atomic E-state index is 8.64. The summed E-state index contributed by atoms with van der Waals surface area (Å²) in [5.74, 6) is -1.37. The van der Waals surface area contributed by atoms with Crippen molar-refractivity contribution in [1.29, 1.82) is 0 Å². The highest BCUT2D eigenvalue weighted by Gasteiger charge is 2.58. The van der Waals surface area contributed by atoms with Crippen LogP contribution in [0.15, 0.2) is 5.11 Å². The zero-order chi connectivity index (χ0) is 14.5. The number of hydrogen-bond donors (Lipinski definition) is 0. The highest BCUT2D eigenvalue weighted by molar-refractivity contribution is 5.01. The Labute approximate surface area is 116 Å². The van der Waals surface area contributed by atoms with E-state index < -0.39 is 23.9 Å². The zero-order valence-electron chi connectivity index (χ0n) is 12.0. The van der Waals surface area contributed by atoms with Crippen molar-refractivity contribution in [3.05, 3.63) is 10.4 Å². The van der Waals surface area contributed by atoms with Crippen molar-refractivity contribution in [2.45, 2.75) is 69.9 Å². The lowest BCUT2D eigenvalue weighted by molar-refractivity contribution is -0.205. The molecule has 20 heavy (non-hydrogen) atoms. The fourth-order valence-corrected chi connectivity index (χ4v) is 2.93.